The van der Waals surface area contributed by atoms with Gasteiger partial charge in [-0.1, -0.05) is 6.07 Å². The van der Waals surface area contributed by atoms with Crippen LogP contribution in [0.2, 0.25) is 0 Å². The number of carbonyl (C=O) groups is 1. The molecule has 0 spiro atoms. The van der Waals surface area contributed by atoms with Crippen LogP contribution in [0.25, 0.3) is 0 Å². The topological polar surface area (TPSA) is 41.6 Å². The Labute approximate surface area is 107 Å². The lowest BCUT2D eigenvalue weighted by atomic mass is 10.1. The molecule has 1 aliphatic heterocycles. The summed E-state index contributed by atoms with van der Waals surface area (Å²) in [5.41, 5.74) is 1.87. The highest BCUT2D eigenvalue weighted by molar-refractivity contribution is 5.95. The van der Waals surface area contributed by atoms with Crippen LogP contribution in [0.4, 0.5) is 5.69 Å². The van der Waals surface area contributed by atoms with Crippen molar-refractivity contribution in [2.75, 3.05) is 31.2 Å². The number of nitrogens with zero attached hydrogens (tertiary/aromatic N) is 1. The molecule has 0 atom stereocenters. The third-order valence-electron chi connectivity index (χ3n) is 3.40. The summed E-state index contributed by atoms with van der Waals surface area (Å²) in [5.74, 6) is 0.0487. The maximum Gasteiger partial charge on any atom is 0.251 e. The van der Waals surface area contributed by atoms with Crippen LogP contribution in [0, 0.1) is 0 Å². The SMILES string of the molecule is O=C(NC1CC1)c1cccc(N2CCOCC2)c1. The molecule has 1 aliphatic carbocycles. The molecule has 1 amide bonds. The quantitative estimate of drug-likeness (QED) is 0.877. The Hall–Kier alpha value is -1.55. The molecular weight excluding hydrogens is 228 g/mol. The van der Waals surface area contributed by atoms with Crippen LogP contribution >= 0.6 is 0 Å². The summed E-state index contributed by atoms with van der Waals surface area (Å²) in [6.07, 6.45) is 2.24. The Balaban J connectivity index is 1.72. The van der Waals surface area contributed by atoms with Crippen LogP contribution in [0.5, 0.6) is 0 Å². The third-order valence-corrected chi connectivity index (χ3v) is 3.40. The van der Waals surface area contributed by atoms with Crippen molar-refractivity contribution in [3.8, 4) is 0 Å². The number of ether oxygens (including phenoxy) is 1. The molecule has 1 aromatic rings. The Kier molecular flexibility index (Phi) is 3.19. The number of hydrogen-bond acceptors (Lipinski definition) is 3. The molecule has 0 unspecified atom stereocenters. The second-order valence-corrected chi connectivity index (χ2v) is 4.90. The monoisotopic (exact) mass is 246 g/mol. The lowest BCUT2D eigenvalue weighted by molar-refractivity contribution is 0.0951. The van der Waals surface area contributed by atoms with Gasteiger partial charge < -0.3 is 15.0 Å². The highest BCUT2D eigenvalue weighted by atomic mass is 16.5. The van der Waals surface area contributed by atoms with Crippen molar-refractivity contribution in [3.63, 3.8) is 0 Å². The van der Waals surface area contributed by atoms with E-state index in [9.17, 15) is 4.79 Å². The second-order valence-electron chi connectivity index (χ2n) is 4.90. The summed E-state index contributed by atoms with van der Waals surface area (Å²) < 4.78 is 5.34. The number of morpholine rings is 1. The summed E-state index contributed by atoms with van der Waals surface area (Å²) in [5, 5.41) is 3.02. The second kappa shape index (κ2) is 4.98. The molecule has 0 bridgehead atoms. The van der Waals surface area contributed by atoms with E-state index in [1.807, 2.05) is 18.2 Å². The summed E-state index contributed by atoms with van der Waals surface area (Å²) in [4.78, 5) is 14.2. The minimum absolute atomic E-state index is 0.0487. The van der Waals surface area contributed by atoms with Crippen LogP contribution in [0.3, 0.4) is 0 Å². The van der Waals surface area contributed by atoms with Gasteiger partial charge in [-0.25, -0.2) is 0 Å². The maximum atomic E-state index is 12.0. The lowest BCUT2D eigenvalue weighted by Crippen LogP contribution is -2.36. The van der Waals surface area contributed by atoms with E-state index in [-0.39, 0.29) is 5.91 Å². The highest BCUT2D eigenvalue weighted by Gasteiger charge is 2.24. The maximum absolute atomic E-state index is 12.0. The molecule has 0 aromatic heterocycles. The Morgan fingerprint density at radius 2 is 2.06 bits per heavy atom. The number of carbonyl (C=O) groups excluding carboxylic acids is 1. The predicted octanol–water partition coefficient (Wildman–Crippen LogP) is 1.42. The zero-order valence-electron chi connectivity index (χ0n) is 10.4. The van der Waals surface area contributed by atoms with Gasteiger partial charge in [0.25, 0.3) is 5.91 Å². The largest absolute Gasteiger partial charge is 0.378 e. The molecule has 1 heterocycles. The average Bonchev–Trinajstić information content (AvgIpc) is 3.24. The first kappa shape index (κ1) is 11.5. The zero-order chi connectivity index (χ0) is 12.4. The first-order chi connectivity index (χ1) is 8.83. The summed E-state index contributed by atoms with van der Waals surface area (Å²) in [6, 6.07) is 8.26. The van der Waals surface area contributed by atoms with Gasteiger partial charge in [-0.15, -0.1) is 0 Å². The Bertz CT molecular complexity index is 437. The van der Waals surface area contributed by atoms with Crippen molar-refractivity contribution in [2.24, 2.45) is 0 Å². The van der Waals surface area contributed by atoms with E-state index < -0.39 is 0 Å². The molecule has 1 saturated heterocycles. The van der Waals surface area contributed by atoms with Crippen molar-refractivity contribution in [1.82, 2.24) is 5.32 Å². The van der Waals surface area contributed by atoms with Gasteiger partial charge in [0.15, 0.2) is 0 Å². The fourth-order valence-corrected chi connectivity index (χ4v) is 2.16. The van der Waals surface area contributed by atoms with E-state index in [0.717, 1.165) is 50.4 Å². The minimum Gasteiger partial charge on any atom is -0.378 e. The standard InChI is InChI=1S/C14H18N2O2/c17-14(15-12-4-5-12)11-2-1-3-13(10-11)16-6-8-18-9-7-16/h1-3,10,12H,4-9H2,(H,15,17). The van der Waals surface area contributed by atoms with Crippen molar-refractivity contribution in [3.05, 3.63) is 29.8 Å². The Morgan fingerprint density at radius 3 is 2.78 bits per heavy atom. The van der Waals surface area contributed by atoms with Crippen LogP contribution in [0.1, 0.15) is 23.2 Å². The van der Waals surface area contributed by atoms with E-state index >= 15 is 0 Å². The molecule has 2 fully saturated rings. The minimum atomic E-state index is 0.0487. The van der Waals surface area contributed by atoms with Crippen LogP contribution in [-0.2, 0) is 4.74 Å². The molecule has 96 valence electrons. The van der Waals surface area contributed by atoms with E-state index in [4.69, 9.17) is 4.74 Å². The fourth-order valence-electron chi connectivity index (χ4n) is 2.16. The van der Waals surface area contributed by atoms with Gasteiger partial charge in [-0.3, -0.25) is 4.79 Å². The first-order valence-electron chi connectivity index (χ1n) is 6.56. The first-order valence-corrected chi connectivity index (χ1v) is 6.56. The van der Waals surface area contributed by atoms with Crippen molar-refractivity contribution in [1.29, 1.82) is 0 Å². The lowest BCUT2D eigenvalue weighted by Gasteiger charge is -2.29. The van der Waals surface area contributed by atoms with Gasteiger partial charge >= 0.3 is 0 Å². The molecular formula is C14H18N2O2. The van der Waals surface area contributed by atoms with Gasteiger partial charge in [-0.2, -0.15) is 0 Å². The molecule has 3 rings (SSSR count). The number of benzene rings is 1. The Morgan fingerprint density at radius 1 is 1.28 bits per heavy atom. The van der Waals surface area contributed by atoms with E-state index in [1.54, 1.807) is 0 Å². The van der Waals surface area contributed by atoms with Crippen molar-refractivity contribution >= 4 is 11.6 Å². The summed E-state index contributed by atoms with van der Waals surface area (Å²) in [6.45, 7) is 3.32. The number of amides is 1. The molecule has 4 heteroatoms. The number of rotatable bonds is 3. The normalized spacial score (nSPS) is 19.7. The smallest absolute Gasteiger partial charge is 0.251 e. The molecule has 2 aliphatic rings. The van der Waals surface area contributed by atoms with Crippen molar-refractivity contribution in [2.45, 2.75) is 18.9 Å². The average molecular weight is 246 g/mol. The van der Waals surface area contributed by atoms with Gasteiger partial charge in [0.05, 0.1) is 13.2 Å². The van der Waals surface area contributed by atoms with Crippen LogP contribution in [0.15, 0.2) is 24.3 Å². The molecule has 18 heavy (non-hydrogen) atoms. The van der Waals surface area contributed by atoms with E-state index in [2.05, 4.69) is 16.3 Å². The van der Waals surface area contributed by atoms with E-state index in [0.29, 0.717) is 6.04 Å². The molecule has 0 radical (unpaired) electrons. The van der Waals surface area contributed by atoms with Crippen LogP contribution in [-0.4, -0.2) is 38.3 Å². The number of nitrogens with one attached hydrogen (secondary N) is 1. The van der Waals surface area contributed by atoms with Crippen LogP contribution < -0.4 is 10.2 Å². The van der Waals surface area contributed by atoms with Crippen molar-refractivity contribution < 1.29 is 9.53 Å². The van der Waals surface area contributed by atoms with E-state index in [1.165, 1.54) is 0 Å². The molecule has 1 saturated carbocycles. The summed E-state index contributed by atoms with van der Waals surface area (Å²) in [7, 11) is 0. The van der Waals surface area contributed by atoms with Gasteiger partial charge in [0, 0.05) is 30.4 Å². The molecule has 4 nitrogen and oxygen atoms in total. The summed E-state index contributed by atoms with van der Waals surface area (Å²) >= 11 is 0. The van der Waals surface area contributed by atoms with Gasteiger partial charge in [0.1, 0.15) is 0 Å². The fraction of sp³-hybridized carbons (Fsp3) is 0.500. The third kappa shape index (κ3) is 2.64. The van der Waals surface area contributed by atoms with Gasteiger partial charge in [-0.05, 0) is 31.0 Å². The molecule has 1 N–H and O–H groups in total. The predicted molar refractivity (Wildman–Crippen MR) is 70.0 cm³/mol. The number of anilines is 1. The highest BCUT2D eigenvalue weighted by Crippen LogP contribution is 2.21. The number of hydrogen-bond donors (Lipinski definition) is 1. The zero-order valence-corrected chi connectivity index (χ0v) is 10.4. The molecule has 1 aromatic carbocycles. The van der Waals surface area contributed by atoms with Gasteiger partial charge in [0.2, 0.25) is 0 Å².